The van der Waals surface area contributed by atoms with Gasteiger partial charge in [-0.15, -0.1) is 0 Å². The van der Waals surface area contributed by atoms with Crippen LogP contribution in [0.2, 0.25) is 0 Å². The molecule has 0 N–H and O–H groups in total. The number of rotatable bonds is 15. The van der Waals surface area contributed by atoms with Crippen molar-refractivity contribution in [3.63, 3.8) is 0 Å². The Labute approximate surface area is 377 Å². The van der Waals surface area contributed by atoms with Crippen LogP contribution < -0.4 is 0 Å². The monoisotopic (exact) mass is 831 g/mol. The first kappa shape index (κ1) is 80.2. The third-order valence-electron chi connectivity index (χ3n) is 8.74. The predicted molar refractivity (Wildman–Crippen MR) is 284 cm³/mol. The fourth-order valence-electron chi connectivity index (χ4n) is 4.13. The number of hydrogen-bond donors (Lipinski definition) is 0. The minimum Gasteiger partial charge on any atom is -0.463 e. The van der Waals surface area contributed by atoms with Crippen molar-refractivity contribution in [3.8, 4) is 0 Å². The Balaban J connectivity index is -0.0000000684. The highest BCUT2D eigenvalue weighted by molar-refractivity contribution is 5.66. The molecule has 0 aromatic heterocycles. The average molecular weight is 832 g/mol. The Kier molecular flexibility index (Phi) is 80.8. The van der Waals surface area contributed by atoms with Gasteiger partial charge in [0.1, 0.15) is 0 Å². The molecule has 0 aliphatic heterocycles. The molecule has 0 saturated heterocycles. The van der Waals surface area contributed by atoms with E-state index in [0.717, 1.165) is 12.8 Å². The molecule has 0 aliphatic rings. The van der Waals surface area contributed by atoms with Crippen molar-refractivity contribution in [1.82, 2.24) is 0 Å². The Morgan fingerprint density at radius 2 is 1.03 bits per heavy atom. The van der Waals surface area contributed by atoms with E-state index in [1.807, 2.05) is 13.8 Å². The topological polar surface area (TPSA) is 26.3 Å². The minimum atomic E-state index is -0.195. The summed E-state index contributed by atoms with van der Waals surface area (Å²) in [7, 11) is 0. The summed E-state index contributed by atoms with van der Waals surface area (Å²) in [6.45, 7) is 34.0. The molecule has 0 spiro atoms. The second-order valence-electron chi connectivity index (χ2n) is 15.0. The van der Waals surface area contributed by atoms with Crippen LogP contribution in [0.25, 0.3) is 0 Å². The lowest BCUT2D eigenvalue weighted by molar-refractivity contribution is -0.145. The van der Waals surface area contributed by atoms with Gasteiger partial charge in [0, 0.05) is 6.92 Å². The van der Waals surface area contributed by atoms with Crippen LogP contribution in [0.1, 0.15) is 255 Å². The Morgan fingerprint density at radius 1 is 0.610 bits per heavy atom. The van der Waals surface area contributed by atoms with Crippen molar-refractivity contribution >= 4 is 5.97 Å². The molecule has 2 rings (SSSR count). The van der Waals surface area contributed by atoms with Crippen LogP contribution in [0, 0.1) is 5.41 Å². The zero-order valence-electron chi connectivity index (χ0n) is 38.2. The van der Waals surface area contributed by atoms with E-state index >= 15 is 0 Å². The second kappa shape index (κ2) is 59.4. The van der Waals surface area contributed by atoms with Gasteiger partial charge < -0.3 is 4.74 Å². The summed E-state index contributed by atoms with van der Waals surface area (Å²) in [6, 6.07) is 21.7. The maximum atomic E-state index is 10.2. The largest absolute Gasteiger partial charge is 0.463 e. The van der Waals surface area contributed by atoms with E-state index in [1.165, 1.54) is 87.8 Å². The standard InChI is InChI=1S/C22H28.C7H14.C6H12O2.C6H14.C6H12.C4H10.6CH4/c1-3-20(22-17-11-6-12-18-22)14-8-4-7-13-19(2)21-15-9-5-10-16-21;1-4-6-7(3)5-2;1-4-5(2)8-6(3)7;1-5-6(2,3)4;1-3-5-6-4-2;1-3-4-2;;;;;;/h4-6,8-12,15-20H,3,7,13-14H2,1-2H3;6H,4-5H2,1-3H3;5H,4H2,1-3H3;5H2,1-4H3;5-6H,3-4H2,1-2H3;3-4H2,1-2H3;6*1H4/b8-4-;7-6-;;;6-5-;;;;;;;. The molecule has 0 aliphatic carbocycles. The number of carbonyl (C=O) groups excluding carboxylic acids is 1. The first-order valence-electron chi connectivity index (χ1n) is 21.4. The molecule has 0 amide bonds. The van der Waals surface area contributed by atoms with E-state index in [9.17, 15) is 4.79 Å². The number of hydrogen-bond acceptors (Lipinski definition) is 2. The molecule has 3 atom stereocenters. The van der Waals surface area contributed by atoms with Gasteiger partial charge in [-0.3, -0.25) is 4.79 Å². The molecule has 354 valence electrons. The van der Waals surface area contributed by atoms with E-state index < -0.39 is 0 Å². The first-order valence-corrected chi connectivity index (χ1v) is 21.4. The van der Waals surface area contributed by atoms with Crippen molar-refractivity contribution in [2.45, 2.75) is 250 Å². The lowest BCUT2D eigenvalue weighted by Gasteiger charge is -2.13. The molecule has 3 unspecified atom stereocenters. The molecule has 0 saturated carbocycles. The SMILES string of the molecule is C.C.C.C.C.C.CC/C=C(/C)CC.CC/C=C\CC.CCC(C)(C)C.CCC(C)OC(C)=O.CCC(C/C=C\CCC(C)c1ccccc1)c1ccccc1.CCCC. The molecule has 0 radical (unpaired) electrons. The summed E-state index contributed by atoms with van der Waals surface area (Å²) in [5.74, 6) is 1.10. The van der Waals surface area contributed by atoms with E-state index in [-0.39, 0.29) is 56.6 Å². The summed E-state index contributed by atoms with van der Waals surface area (Å²) >= 11 is 0. The van der Waals surface area contributed by atoms with E-state index in [2.05, 4.69) is 181 Å². The highest BCUT2D eigenvalue weighted by Gasteiger charge is 2.07. The van der Waals surface area contributed by atoms with Crippen molar-refractivity contribution in [2.24, 2.45) is 5.41 Å². The number of allylic oxidation sites excluding steroid dienone is 6. The Bertz CT molecular complexity index is 1080. The van der Waals surface area contributed by atoms with Crippen LogP contribution >= 0.6 is 0 Å². The number of benzene rings is 2. The number of unbranched alkanes of at least 4 members (excludes halogenated alkanes) is 1. The Morgan fingerprint density at radius 3 is 1.31 bits per heavy atom. The molecule has 2 heteroatoms. The summed E-state index contributed by atoms with van der Waals surface area (Å²) in [5, 5.41) is 0. The van der Waals surface area contributed by atoms with E-state index in [0.29, 0.717) is 17.3 Å². The molecule has 0 bridgehead atoms. The molecular formula is C57H114O2. The predicted octanol–water partition coefficient (Wildman–Crippen LogP) is 21.2. The third-order valence-corrected chi connectivity index (χ3v) is 8.74. The number of esters is 1. The summed E-state index contributed by atoms with van der Waals surface area (Å²) < 4.78 is 4.76. The van der Waals surface area contributed by atoms with Gasteiger partial charge in [0.2, 0.25) is 0 Å². The highest BCUT2D eigenvalue weighted by atomic mass is 16.5. The van der Waals surface area contributed by atoms with Crippen LogP contribution in [0.4, 0.5) is 0 Å². The normalized spacial score (nSPS) is 11.2. The smallest absolute Gasteiger partial charge is 0.302 e. The van der Waals surface area contributed by atoms with Gasteiger partial charge in [-0.05, 0) is 100 Å². The molecule has 2 aromatic rings. The fourth-order valence-corrected chi connectivity index (χ4v) is 4.13. The Hall–Kier alpha value is -2.87. The number of ether oxygens (including phenoxy) is 1. The lowest BCUT2D eigenvalue weighted by Crippen LogP contribution is -2.09. The number of carbonyl (C=O) groups is 1. The van der Waals surface area contributed by atoms with E-state index in [4.69, 9.17) is 4.74 Å². The second-order valence-corrected chi connectivity index (χ2v) is 15.0. The van der Waals surface area contributed by atoms with Gasteiger partial charge in [0.15, 0.2) is 0 Å². The zero-order valence-corrected chi connectivity index (χ0v) is 38.2. The van der Waals surface area contributed by atoms with Gasteiger partial charge in [-0.25, -0.2) is 0 Å². The van der Waals surface area contributed by atoms with Crippen LogP contribution in [-0.2, 0) is 9.53 Å². The average Bonchev–Trinajstić information content (AvgIpc) is 3.16. The highest BCUT2D eigenvalue weighted by Crippen LogP contribution is 2.24. The first-order chi connectivity index (χ1) is 25.2. The van der Waals surface area contributed by atoms with E-state index in [1.54, 1.807) is 0 Å². The molecule has 2 aromatic carbocycles. The molecule has 0 heterocycles. The quantitative estimate of drug-likeness (QED) is 0.132. The van der Waals surface area contributed by atoms with Gasteiger partial charge in [-0.2, -0.15) is 0 Å². The fraction of sp³-hybridized carbons (Fsp3) is 0.667. The molecular weight excluding hydrogens is 717 g/mol. The summed E-state index contributed by atoms with van der Waals surface area (Å²) in [5.41, 5.74) is 4.96. The molecule has 2 nitrogen and oxygen atoms in total. The lowest BCUT2D eigenvalue weighted by atomic mass is 9.92. The van der Waals surface area contributed by atoms with Gasteiger partial charge in [0.05, 0.1) is 6.10 Å². The maximum absolute atomic E-state index is 10.2. The van der Waals surface area contributed by atoms with Gasteiger partial charge in [0.25, 0.3) is 0 Å². The minimum absolute atomic E-state index is 0. The van der Waals surface area contributed by atoms with Crippen LogP contribution in [0.5, 0.6) is 0 Å². The van der Waals surface area contributed by atoms with Gasteiger partial charge in [-0.1, -0.05) is 250 Å². The molecule has 0 fully saturated rings. The van der Waals surface area contributed by atoms with Crippen LogP contribution in [-0.4, -0.2) is 12.1 Å². The molecule has 59 heavy (non-hydrogen) atoms. The van der Waals surface area contributed by atoms with Crippen molar-refractivity contribution in [1.29, 1.82) is 0 Å². The van der Waals surface area contributed by atoms with Crippen LogP contribution in [0.3, 0.4) is 0 Å². The summed E-state index contributed by atoms with van der Waals surface area (Å²) in [4.78, 5) is 10.2. The van der Waals surface area contributed by atoms with Crippen molar-refractivity contribution in [3.05, 3.63) is 108 Å². The van der Waals surface area contributed by atoms with Gasteiger partial charge >= 0.3 is 5.97 Å². The summed E-state index contributed by atoms with van der Waals surface area (Å²) in [6.07, 6.45) is 25.7. The zero-order chi connectivity index (χ0) is 41.3. The third kappa shape index (κ3) is 64.5. The van der Waals surface area contributed by atoms with Crippen molar-refractivity contribution in [2.75, 3.05) is 0 Å². The maximum Gasteiger partial charge on any atom is 0.302 e. The van der Waals surface area contributed by atoms with Crippen LogP contribution in [0.15, 0.2) is 96.6 Å². The van der Waals surface area contributed by atoms with Crippen molar-refractivity contribution < 1.29 is 9.53 Å².